The number of nitrogens with two attached hydrogens (primary N) is 1. The molecule has 1 atom stereocenters. The lowest BCUT2D eigenvalue weighted by molar-refractivity contribution is -0.262. The maximum Gasteiger partial charge on any atom is 0.493 e. The van der Waals surface area contributed by atoms with E-state index in [1.807, 2.05) is 21.9 Å². The number of aromatic nitrogens is 3. The zero-order valence-corrected chi connectivity index (χ0v) is 21.7. The Morgan fingerprint density at radius 3 is 2.26 bits per heavy atom. The fraction of sp³-hybridized carbons (Fsp3) is 0.320. The van der Waals surface area contributed by atoms with Crippen molar-refractivity contribution in [3.8, 4) is 11.3 Å². The van der Waals surface area contributed by atoms with Crippen LogP contribution in [0.4, 0.5) is 43.8 Å². The SMILES string of the molecule is Cc1ccc(C(O)(C(=O)NOC(=O)C(F)(F)F)C(F)(F)F)cc1-c1cnc(N)c(N2CCN(c3ccccn3)CC2)n1. The first-order valence-corrected chi connectivity index (χ1v) is 12.2. The van der Waals surface area contributed by atoms with E-state index in [0.29, 0.717) is 31.7 Å². The summed E-state index contributed by atoms with van der Waals surface area (Å²) in [4.78, 5) is 43.4. The van der Waals surface area contributed by atoms with Gasteiger partial charge in [-0.05, 0) is 30.7 Å². The second-order valence-corrected chi connectivity index (χ2v) is 9.18. The lowest BCUT2D eigenvalue weighted by Crippen LogP contribution is -2.55. The van der Waals surface area contributed by atoms with Crippen molar-refractivity contribution in [1.29, 1.82) is 0 Å². The maximum atomic E-state index is 14.0. The van der Waals surface area contributed by atoms with Crippen molar-refractivity contribution in [2.45, 2.75) is 24.9 Å². The number of nitrogens with one attached hydrogen (secondary N) is 1. The van der Waals surface area contributed by atoms with Gasteiger partial charge in [-0.25, -0.2) is 19.7 Å². The molecular formula is C25H23F6N7O4. The molecule has 3 aromatic rings. The Bertz CT molecular complexity index is 1460. The molecule has 0 bridgehead atoms. The van der Waals surface area contributed by atoms with E-state index in [2.05, 4.69) is 19.8 Å². The van der Waals surface area contributed by atoms with Crippen molar-refractivity contribution >= 4 is 29.3 Å². The lowest BCUT2D eigenvalue weighted by atomic mass is 9.89. The Morgan fingerprint density at radius 1 is 1.00 bits per heavy atom. The molecule has 1 aromatic carbocycles. The predicted molar refractivity (Wildman–Crippen MR) is 136 cm³/mol. The van der Waals surface area contributed by atoms with E-state index < -0.39 is 35.4 Å². The Labute approximate surface area is 233 Å². The number of aliphatic hydroxyl groups is 1. The highest BCUT2D eigenvalue weighted by molar-refractivity contribution is 5.88. The van der Waals surface area contributed by atoms with E-state index in [1.54, 1.807) is 12.3 Å². The highest BCUT2D eigenvalue weighted by atomic mass is 19.4. The average molecular weight is 599 g/mol. The van der Waals surface area contributed by atoms with Crippen molar-refractivity contribution in [2.24, 2.45) is 0 Å². The quantitative estimate of drug-likeness (QED) is 0.296. The minimum absolute atomic E-state index is 0.0103. The minimum atomic E-state index is -5.75. The number of nitrogens with zero attached hydrogens (tertiary/aromatic N) is 5. The zero-order valence-electron chi connectivity index (χ0n) is 21.7. The number of pyridine rings is 1. The Kier molecular flexibility index (Phi) is 8.15. The van der Waals surface area contributed by atoms with Gasteiger partial charge in [0.1, 0.15) is 5.82 Å². The van der Waals surface area contributed by atoms with E-state index in [1.165, 1.54) is 13.1 Å². The number of halogens is 6. The van der Waals surface area contributed by atoms with Gasteiger partial charge in [0.15, 0.2) is 11.6 Å². The number of hydrogen-bond donors (Lipinski definition) is 3. The first-order valence-electron chi connectivity index (χ1n) is 12.2. The lowest BCUT2D eigenvalue weighted by Gasteiger charge is -2.36. The van der Waals surface area contributed by atoms with Crippen molar-refractivity contribution < 1.29 is 45.9 Å². The van der Waals surface area contributed by atoms with Crippen LogP contribution < -0.4 is 21.0 Å². The smallest absolute Gasteiger partial charge is 0.381 e. The van der Waals surface area contributed by atoms with Crippen LogP contribution in [0.25, 0.3) is 11.3 Å². The summed E-state index contributed by atoms with van der Waals surface area (Å²) in [6, 6.07) is 8.19. The minimum Gasteiger partial charge on any atom is -0.381 e. The summed E-state index contributed by atoms with van der Waals surface area (Å²) in [6.45, 7) is 3.55. The van der Waals surface area contributed by atoms with Gasteiger partial charge in [-0.3, -0.25) is 4.79 Å². The molecule has 0 aliphatic carbocycles. The summed E-state index contributed by atoms with van der Waals surface area (Å²) >= 11 is 0. The molecule has 2 aromatic heterocycles. The van der Waals surface area contributed by atoms with E-state index in [9.17, 15) is 41.0 Å². The Balaban J connectivity index is 1.63. The molecule has 1 aliphatic rings. The molecule has 0 radical (unpaired) electrons. The van der Waals surface area contributed by atoms with Crippen molar-refractivity contribution in [1.82, 2.24) is 20.4 Å². The molecule has 0 spiro atoms. The predicted octanol–water partition coefficient (Wildman–Crippen LogP) is 2.64. The number of alkyl halides is 6. The van der Waals surface area contributed by atoms with E-state index >= 15 is 0 Å². The van der Waals surface area contributed by atoms with Gasteiger partial charge in [0, 0.05) is 43.5 Å². The van der Waals surface area contributed by atoms with Crippen molar-refractivity contribution in [3.63, 3.8) is 0 Å². The van der Waals surface area contributed by atoms with Gasteiger partial charge >= 0.3 is 18.3 Å². The summed E-state index contributed by atoms with van der Waals surface area (Å²) in [5.41, 5.74) is 1.72. The van der Waals surface area contributed by atoms with Crippen LogP contribution in [0.15, 0.2) is 48.8 Å². The molecule has 3 heterocycles. The number of amides is 1. The molecule has 1 amide bonds. The summed E-state index contributed by atoms with van der Waals surface area (Å²) in [7, 11) is 0. The second-order valence-electron chi connectivity index (χ2n) is 9.18. The van der Waals surface area contributed by atoms with E-state index in [-0.39, 0.29) is 22.9 Å². The second kappa shape index (κ2) is 11.3. The third-order valence-corrected chi connectivity index (χ3v) is 6.47. The topological polar surface area (TPSA) is 147 Å². The van der Waals surface area contributed by atoms with Gasteiger partial charge in [-0.2, -0.15) is 31.8 Å². The van der Waals surface area contributed by atoms with Crippen LogP contribution in [-0.2, 0) is 20.0 Å². The Hall–Kier alpha value is -4.67. The van der Waals surface area contributed by atoms with Crippen LogP contribution in [0, 0.1) is 6.92 Å². The van der Waals surface area contributed by atoms with Crippen LogP contribution in [0.3, 0.4) is 0 Å². The molecule has 11 nitrogen and oxygen atoms in total. The maximum absolute atomic E-state index is 14.0. The third-order valence-electron chi connectivity index (χ3n) is 6.47. The number of carbonyl (C=O) groups excluding carboxylic acids is 2. The molecule has 4 N–H and O–H groups in total. The Morgan fingerprint density at radius 2 is 1.67 bits per heavy atom. The molecule has 224 valence electrons. The number of hydrogen-bond acceptors (Lipinski definition) is 10. The number of anilines is 3. The average Bonchev–Trinajstić information content (AvgIpc) is 2.95. The molecule has 1 saturated heterocycles. The van der Waals surface area contributed by atoms with Gasteiger partial charge in [-0.1, -0.05) is 18.2 Å². The zero-order chi connectivity index (χ0) is 30.9. The fourth-order valence-electron chi connectivity index (χ4n) is 4.21. The molecular weight excluding hydrogens is 576 g/mol. The number of aryl methyl sites for hydroxylation is 1. The number of benzene rings is 1. The van der Waals surface area contributed by atoms with Crippen LogP contribution in [0.2, 0.25) is 0 Å². The molecule has 4 rings (SSSR count). The first kappa shape index (κ1) is 30.3. The van der Waals surface area contributed by atoms with Gasteiger partial charge in [-0.15, -0.1) is 0 Å². The number of carbonyl (C=O) groups is 2. The van der Waals surface area contributed by atoms with Crippen molar-refractivity contribution in [3.05, 3.63) is 59.9 Å². The molecule has 1 unspecified atom stereocenters. The molecule has 17 heteroatoms. The highest BCUT2D eigenvalue weighted by Gasteiger charge is 2.61. The number of piperazine rings is 1. The molecule has 0 saturated carbocycles. The standard InChI is InChI=1S/C25H23F6N7O4/c1-14-5-6-15(23(41,25(29,30)31)21(39)36-42-22(40)24(26,27)28)12-16(14)17-13-34-19(32)20(35-17)38-10-8-37(9-11-38)18-4-2-3-7-33-18/h2-7,12-13,41H,8-11H2,1H3,(H2,32,34)(H,36,39). The van der Waals surface area contributed by atoms with Crippen LogP contribution >= 0.6 is 0 Å². The van der Waals surface area contributed by atoms with Gasteiger partial charge in [0.2, 0.25) is 0 Å². The first-order chi connectivity index (χ1) is 19.6. The van der Waals surface area contributed by atoms with Gasteiger partial charge < -0.3 is 25.5 Å². The normalized spacial score (nSPS) is 15.6. The molecule has 1 aliphatic heterocycles. The third kappa shape index (κ3) is 6.00. The summed E-state index contributed by atoms with van der Waals surface area (Å²) < 4.78 is 79.2. The summed E-state index contributed by atoms with van der Waals surface area (Å²) in [5, 5.41) is 10.5. The van der Waals surface area contributed by atoms with Gasteiger partial charge in [0.05, 0.1) is 11.9 Å². The van der Waals surface area contributed by atoms with E-state index in [0.717, 1.165) is 29.5 Å². The number of rotatable bonds is 5. The van der Waals surface area contributed by atoms with Crippen LogP contribution in [-0.4, -0.2) is 70.5 Å². The number of nitrogen functional groups attached to an aromatic ring is 1. The monoisotopic (exact) mass is 599 g/mol. The molecule has 42 heavy (non-hydrogen) atoms. The van der Waals surface area contributed by atoms with Gasteiger partial charge in [0.25, 0.3) is 11.5 Å². The largest absolute Gasteiger partial charge is 0.493 e. The highest BCUT2D eigenvalue weighted by Crippen LogP contribution is 2.41. The summed E-state index contributed by atoms with van der Waals surface area (Å²) in [6.07, 6.45) is -8.51. The molecule has 1 fully saturated rings. The number of hydroxylamine groups is 1. The van der Waals surface area contributed by atoms with Crippen molar-refractivity contribution in [2.75, 3.05) is 41.7 Å². The fourth-order valence-corrected chi connectivity index (χ4v) is 4.21. The van der Waals surface area contributed by atoms with Crippen LogP contribution in [0.1, 0.15) is 11.1 Å². The van der Waals surface area contributed by atoms with E-state index in [4.69, 9.17) is 5.73 Å². The van der Waals surface area contributed by atoms with Crippen LogP contribution in [0.5, 0.6) is 0 Å². The summed E-state index contributed by atoms with van der Waals surface area (Å²) in [5.74, 6) is -4.38.